The lowest BCUT2D eigenvalue weighted by Gasteiger charge is -2.32. The van der Waals surface area contributed by atoms with Crippen LogP contribution < -0.4 is 5.32 Å². The Balaban J connectivity index is 2.16. The molecule has 0 aliphatic carbocycles. The van der Waals surface area contributed by atoms with E-state index in [1.807, 2.05) is 11.8 Å². The number of piperidine rings is 1. The third-order valence-electron chi connectivity index (χ3n) is 2.61. The van der Waals surface area contributed by atoms with Crippen LogP contribution in [0.1, 0.15) is 19.8 Å². The predicted octanol–water partition coefficient (Wildman–Crippen LogP) is 1.42. The highest BCUT2D eigenvalue weighted by Gasteiger charge is 2.17. The van der Waals surface area contributed by atoms with E-state index in [0.717, 1.165) is 12.6 Å². The van der Waals surface area contributed by atoms with E-state index in [9.17, 15) is 0 Å². The van der Waals surface area contributed by atoms with Crippen molar-refractivity contribution >= 4 is 11.8 Å². The van der Waals surface area contributed by atoms with Crippen LogP contribution in [-0.4, -0.2) is 49.1 Å². The molecule has 0 spiro atoms. The van der Waals surface area contributed by atoms with Crippen LogP contribution in [0.2, 0.25) is 0 Å². The van der Waals surface area contributed by atoms with Crippen LogP contribution >= 0.6 is 11.8 Å². The molecule has 0 aromatic carbocycles. The number of rotatable bonds is 5. The third kappa shape index (κ3) is 4.34. The van der Waals surface area contributed by atoms with Gasteiger partial charge in [-0.05, 0) is 32.2 Å². The monoisotopic (exact) mass is 202 g/mol. The van der Waals surface area contributed by atoms with Crippen LogP contribution in [0.3, 0.4) is 0 Å². The quantitative estimate of drug-likeness (QED) is 0.726. The predicted molar refractivity (Wildman–Crippen MR) is 61.5 cm³/mol. The van der Waals surface area contributed by atoms with Crippen molar-refractivity contribution in [3.8, 4) is 0 Å². The summed E-state index contributed by atoms with van der Waals surface area (Å²) in [5, 5.41) is 3.54. The number of likely N-dealkylation sites (tertiary alicyclic amines) is 1. The fourth-order valence-electron chi connectivity index (χ4n) is 1.93. The summed E-state index contributed by atoms with van der Waals surface area (Å²) in [4.78, 5) is 2.59. The van der Waals surface area contributed by atoms with Crippen molar-refractivity contribution in [1.82, 2.24) is 10.2 Å². The Hall–Kier alpha value is 0.270. The van der Waals surface area contributed by atoms with E-state index in [1.165, 1.54) is 38.2 Å². The minimum Gasteiger partial charge on any atom is -0.313 e. The van der Waals surface area contributed by atoms with E-state index in [1.54, 1.807) is 0 Å². The largest absolute Gasteiger partial charge is 0.313 e. The second-order valence-corrected chi connectivity index (χ2v) is 4.68. The highest BCUT2D eigenvalue weighted by molar-refractivity contribution is 7.98. The lowest BCUT2D eigenvalue weighted by molar-refractivity contribution is 0.202. The molecule has 1 aliphatic heterocycles. The maximum Gasteiger partial charge on any atom is 0.0195 e. The van der Waals surface area contributed by atoms with Gasteiger partial charge in [-0.3, -0.25) is 0 Å². The number of nitrogens with zero attached hydrogens (tertiary/aromatic N) is 1. The number of nitrogens with one attached hydrogen (secondary N) is 1. The average Bonchev–Trinajstić information content (AvgIpc) is 2.16. The van der Waals surface area contributed by atoms with Gasteiger partial charge in [0.05, 0.1) is 0 Å². The molecule has 0 aromatic rings. The molecule has 1 aliphatic rings. The van der Waals surface area contributed by atoms with E-state index in [0.29, 0.717) is 0 Å². The normalized spacial score (nSPS) is 24.9. The van der Waals surface area contributed by atoms with Gasteiger partial charge >= 0.3 is 0 Å². The van der Waals surface area contributed by atoms with Gasteiger partial charge in [-0.1, -0.05) is 6.92 Å². The molecule has 0 bridgehead atoms. The summed E-state index contributed by atoms with van der Waals surface area (Å²) in [6.07, 6.45) is 4.92. The van der Waals surface area contributed by atoms with Crippen LogP contribution in [-0.2, 0) is 0 Å². The van der Waals surface area contributed by atoms with Gasteiger partial charge in [0.1, 0.15) is 0 Å². The van der Waals surface area contributed by atoms with E-state index >= 15 is 0 Å². The fourth-order valence-corrected chi connectivity index (χ4v) is 2.38. The summed E-state index contributed by atoms with van der Waals surface area (Å²) in [5.41, 5.74) is 0. The summed E-state index contributed by atoms with van der Waals surface area (Å²) >= 11 is 1.95. The van der Waals surface area contributed by atoms with Crippen molar-refractivity contribution < 1.29 is 0 Å². The molecule has 0 aromatic heterocycles. The Labute approximate surface area is 86.5 Å². The molecule has 2 nitrogen and oxygen atoms in total. The van der Waals surface area contributed by atoms with Gasteiger partial charge in [0.25, 0.3) is 0 Å². The minimum atomic E-state index is 0.751. The molecule has 1 unspecified atom stereocenters. The van der Waals surface area contributed by atoms with Crippen LogP contribution in [0.4, 0.5) is 0 Å². The Morgan fingerprint density at radius 2 is 2.38 bits per heavy atom. The zero-order valence-corrected chi connectivity index (χ0v) is 9.70. The van der Waals surface area contributed by atoms with E-state index in [4.69, 9.17) is 0 Å². The summed E-state index contributed by atoms with van der Waals surface area (Å²) in [5.74, 6) is 1.28. The summed E-state index contributed by atoms with van der Waals surface area (Å²) in [6.45, 7) is 7.14. The van der Waals surface area contributed by atoms with E-state index in [-0.39, 0.29) is 0 Å². The summed E-state index contributed by atoms with van der Waals surface area (Å²) in [7, 11) is 0. The highest BCUT2D eigenvalue weighted by atomic mass is 32.2. The molecule has 1 fully saturated rings. The SMILES string of the molecule is CCNC1CCCN(CCSC)C1. The lowest BCUT2D eigenvalue weighted by atomic mass is 10.1. The van der Waals surface area contributed by atoms with Gasteiger partial charge in [-0.25, -0.2) is 0 Å². The first-order valence-electron chi connectivity index (χ1n) is 5.31. The maximum atomic E-state index is 3.54. The number of hydrogen-bond donors (Lipinski definition) is 1. The zero-order valence-electron chi connectivity index (χ0n) is 8.88. The Kier molecular flexibility index (Phi) is 5.83. The Morgan fingerprint density at radius 1 is 1.54 bits per heavy atom. The van der Waals surface area contributed by atoms with Crippen molar-refractivity contribution in [3.05, 3.63) is 0 Å². The van der Waals surface area contributed by atoms with Gasteiger partial charge in [-0.2, -0.15) is 11.8 Å². The fraction of sp³-hybridized carbons (Fsp3) is 1.00. The molecule has 1 atom stereocenters. The Morgan fingerprint density at radius 3 is 3.08 bits per heavy atom. The molecule has 3 heteroatoms. The van der Waals surface area contributed by atoms with Crippen molar-refractivity contribution in [3.63, 3.8) is 0 Å². The molecule has 1 saturated heterocycles. The van der Waals surface area contributed by atoms with Crippen LogP contribution in [0.15, 0.2) is 0 Å². The smallest absolute Gasteiger partial charge is 0.0195 e. The molecule has 1 heterocycles. The second kappa shape index (κ2) is 6.68. The van der Waals surface area contributed by atoms with Crippen molar-refractivity contribution in [2.24, 2.45) is 0 Å². The van der Waals surface area contributed by atoms with Crippen LogP contribution in [0.25, 0.3) is 0 Å². The standard InChI is InChI=1S/C10H22N2S/c1-3-11-10-5-4-6-12(9-10)7-8-13-2/h10-11H,3-9H2,1-2H3. The van der Waals surface area contributed by atoms with E-state index < -0.39 is 0 Å². The van der Waals surface area contributed by atoms with Crippen LogP contribution in [0.5, 0.6) is 0 Å². The maximum absolute atomic E-state index is 3.54. The molecular formula is C10H22N2S. The van der Waals surface area contributed by atoms with Gasteiger partial charge < -0.3 is 10.2 Å². The van der Waals surface area contributed by atoms with Crippen LogP contribution in [0, 0.1) is 0 Å². The zero-order chi connectivity index (χ0) is 9.52. The van der Waals surface area contributed by atoms with Gasteiger partial charge in [0.2, 0.25) is 0 Å². The molecule has 1 N–H and O–H groups in total. The molecule has 78 valence electrons. The number of likely N-dealkylation sites (N-methyl/N-ethyl adjacent to an activating group) is 1. The molecule has 0 saturated carbocycles. The number of thioether (sulfide) groups is 1. The molecule has 0 radical (unpaired) electrons. The number of hydrogen-bond acceptors (Lipinski definition) is 3. The highest BCUT2D eigenvalue weighted by Crippen LogP contribution is 2.10. The van der Waals surface area contributed by atoms with Gasteiger partial charge in [0, 0.05) is 24.9 Å². The molecule has 13 heavy (non-hydrogen) atoms. The molecule has 0 amide bonds. The topological polar surface area (TPSA) is 15.3 Å². The lowest BCUT2D eigenvalue weighted by Crippen LogP contribution is -2.46. The summed E-state index contributed by atoms with van der Waals surface area (Å²) < 4.78 is 0. The second-order valence-electron chi connectivity index (χ2n) is 3.69. The minimum absolute atomic E-state index is 0.751. The van der Waals surface area contributed by atoms with Crippen molar-refractivity contribution in [1.29, 1.82) is 0 Å². The third-order valence-corrected chi connectivity index (χ3v) is 3.20. The molecular weight excluding hydrogens is 180 g/mol. The first-order chi connectivity index (χ1) is 6.36. The van der Waals surface area contributed by atoms with Crippen molar-refractivity contribution in [2.45, 2.75) is 25.8 Å². The Bertz CT molecular complexity index is 128. The first kappa shape index (κ1) is 11.3. The van der Waals surface area contributed by atoms with Gasteiger partial charge in [-0.15, -0.1) is 0 Å². The molecule has 1 rings (SSSR count). The van der Waals surface area contributed by atoms with E-state index in [2.05, 4.69) is 23.4 Å². The summed E-state index contributed by atoms with van der Waals surface area (Å²) in [6, 6.07) is 0.751. The first-order valence-corrected chi connectivity index (χ1v) is 6.71. The average molecular weight is 202 g/mol. The van der Waals surface area contributed by atoms with Gasteiger partial charge in [0.15, 0.2) is 0 Å². The van der Waals surface area contributed by atoms with Crippen molar-refractivity contribution in [2.75, 3.05) is 38.2 Å².